The van der Waals surface area contributed by atoms with Crippen LogP contribution in [-0.2, 0) is 6.54 Å². The van der Waals surface area contributed by atoms with Gasteiger partial charge in [-0.3, -0.25) is 9.88 Å². The second-order valence-corrected chi connectivity index (χ2v) is 6.57. The van der Waals surface area contributed by atoms with Gasteiger partial charge in [0.15, 0.2) is 0 Å². The average molecular weight is 273 g/mol. The monoisotopic (exact) mass is 273 g/mol. The second kappa shape index (κ2) is 6.68. The Morgan fingerprint density at radius 2 is 2.00 bits per heavy atom. The third-order valence-electron chi connectivity index (χ3n) is 4.87. The summed E-state index contributed by atoms with van der Waals surface area (Å²) < 4.78 is 0. The fraction of sp³-hybridized carbons (Fsp3) is 0.706. The maximum Gasteiger partial charge on any atom is 0.0543 e. The van der Waals surface area contributed by atoms with Gasteiger partial charge in [0, 0.05) is 38.4 Å². The van der Waals surface area contributed by atoms with Gasteiger partial charge in [-0.25, -0.2) is 0 Å². The third-order valence-corrected chi connectivity index (χ3v) is 4.87. The standard InChI is InChI=1S/C17H27N3/c1-15-5-4-10-20(13-15)17-7-11-19(12-8-17)14-16-6-2-3-9-18-16/h2-3,6,9,15,17H,4-5,7-8,10-14H2,1H3/t15-/m1/s1. The summed E-state index contributed by atoms with van der Waals surface area (Å²) in [5.74, 6) is 0.898. The zero-order chi connectivity index (χ0) is 13.8. The molecule has 0 bridgehead atoms. The molecule has 0 aliphatic carbocycles. The van der Waals surface area contributed by atoms with Crippen molar-refractivity contribution in [3.05, 3.63) is 30.1 Å². The van der Waals surface area contributed by atoms with Crippen LogP contribution in [0.15, 0.2) is 24.4 Å². The van der Waals surface area contributed by atoms with E-state index in [1.54, 1.807) is 0 Å². The molecule has 2 fully saturated rings. The van der Waals surface area contributed by atoms with Gasteiger partial charge in [0.05, 0.1) is 5.69 Å². The number of hydrogen-bond acceptors (Lipinski definition) is 3. The van der Waals surface area contributed by atoms with E-state index in [-0.39, 0.29) is 0 Å². The van der Waals surface area contributed by atoms with Gasteiger partial charge >= 0.3 is 0 Å². The highest BCUT2D eigenvalue weighted by molar-refractivity contribution is 5.03. The van der Waals surface area contributed by atoms with Crippen molar-refractivity contribution in [2.24, 2.45) is 5.92 Å². The van der Waals surface area contributed by atoms with Crippen LogP contribution in [0.1, 0.15) is 38.3 Å². The van der Waals surface area contributed by atoms with E-state index in [1.807, 2.05) is 12.3 Å². The van der Waals surface area contributed by atoms with Crippen molar-refractivity contribution in [3.8, 4) is 0 Å². The minimum atomic E-state index is 0.831. The quantitative estimate of drug-likeness (QED) is 0.844. The molecule has 0 spiro atoms. The van der Waals surface area contributed by atoms with Crippen LogP contribution in [0, 0.1) is 5.92 Å². The Kier molecular flexibility index (Phi) is 4.69. The molecular weight excluding hydrogens is 246 g/mol. The van der Waals surface area contributed by atoms with E-state index in [4.69, 9.17) is 0 Å². The molecule has 3 heterocycles. The first-order valence-electron chi connectivity index (χ1n) is 8.17. The van der Waals surface area contributed by atoms with E-state index >= 15 is 0 Å². The molecule has 0 radical (unpaired) electrons. The van der Waals surface area contributed by atoms with Crippen molar-refractivity contribution in [1.29, 1.82) is 0 Å². The fourth-order valence-electron chi connectivity index (χ4n) is 3.72. The zero-order valence-electron chi connectivity index (χ0n) is 12.7. The first kappa shape index (κ1) is 14.0. The highest BCUT2D eigenvalue weighted by Gasteiger charge is 2.27. The van der Waals surface area contributed by atoms with Crippen LogP contribution in [-0.4, -0.2) is 47.0 Å². The lowest BCUT2D eigenvalue weighted by atomic mass is 9.95. The minimum Gasteiger partial charge on any atom is -0.300 e. The molecule has 0 saturated carbocycles. The lowest BCUT2D eigenvalue weighted by Crippen LogP contribution is -2.48. The summed E-state index contributed by atoms with van der Waals surface area (Å²) in [4.78, 5) is 9.76. The van der Waals surface area contributed by atoms with Crippen LogP contribution in [0.5, 0.6) is 0 Å². The first-order chi connectivity index (χ1) is 9.81. The van der Waals surface area contributed by atoms with E-state index in [0.29, 0.717) is 0 Å². The molecule has 3 nitrogen and oxygen atoms in total. The number of nitrogens with zero attached hydrogens (tertiary/aromatic N) is 3. The van der Waals surface area contributed by atoms with Gasteiger partial charge < -0.3 is 4.90 Å². The van der Waals surface area contributed by atoms with Gasteiger partial charge in [0.25, 0.3) is 0 Å². The number of rotatable bonds is 3. The smallest absolute Gasteiger partial charge is 0.0543 e. The molecular formula is C17H27N3. The predicted octanol–water partition coefficient (Wildman–Crippen LogP) is 2.78. The Morgan fingerprint density at radius 1 is 1.15 bits per heavy atom. The van der Waals surface area contributed by atoms with Crippen LogP contribution >= 0.6 is 0 Å². The van der Waals surface area contributed by atoms with Gasteiger partial charge in [-0.1, -0.05) is 13.0 Å². The van der Waals surface area contributed by atoms with Crippen LogP contribution in [0.4, 0.5) is 0 Å². The van der Waals surface area contributed by atoms with E-state index in [2.05, 4.69) is 33.8 Å². The minimum absolute atomic E-state index is 0.831. The normalized spacial score (nSPS) is 26.8. The van der Waals surface area contributed by atoms with Crippen LogP contribution in [0.3, 0.4) is 0 Å². The Bertz CT molecular complexity index is 398. The Morgan fingerprint density at radius 3 is 2.70 bits per heavy atom. The SMILES string of the molecule is C[C@@H]1CCCN(C2CCN(Cc3ccccn3)CC2)C1. The summed E-state index contributed by atoms with van der Waals surface area (Å²) in [6, 6.07) is 7.05. The Labute approximate surface area is 123 Å². The maximum atomic E-state index is 4.44. The van der Waals surface area contributed by atoms with Crippen molar-refractivity contribution in [3.63, 3.8) is 0 Å². The van der Waals surface area contributed by atoms with Crippen molar-refractivity contribution >= 4 is 0 Å². The zero-order valence-corrected chi connectivity index (χ0v) is 12.7. The molecule has 1 aromatic heterocycles. The molecule has 0 amide bonds. The largest absolute Gasteiger partial charge is 0.300 e. The van der Waals surface area contributed by atoms with Crippen molar-refractivity contribution in [1.82, 2.24) is 14.8 Å². The molecule has 2 saturated heterocycles. The highest BCUT2D eigenvalue weighted by Crippen LogP contribution is 2.23. The first-order valence-corrected chi connectivity index (χ1v) is 8.17. The number of piperidine rings is 2. The lowest BCUT2D eigenvalue weighted by Gasteiger charge is -2.41. The molecule has 20 heavy (non-hydrogen) atoms. The highest BCUT2D eigenvalue weighted by atomic mass is 15.2. The summed E-state index contributed by atoms with van der Waals surface area (Å²) in [5, 5.41) is 0. The topological polar surface area (TPSA) is 19.4 Å². The van der Waals surface area contributed by atoms with Gasteiger partial charge in [0.2, 0.25) is 0 Å². The van der Waals surface area contributed by atoms with Crippen LogP contribution in [0.25, 0.3) is 0 Å². The maximum absolute atomic E-state index is 4.44. The van der Waals surface area contributed by atoms with Crippen molar-refractivity contribution in [2.75, 3.05) is 26.2 Å². The van der Waals surface area contributed by atoms with Crippen LogP contribution < -0.4 is 0 Å². The van der Waals surface area contributed by atoms with E-state index in [9.17, 15) is 0 Å². The summed E-state index contributed by atoms with van der Waals surface area (Å²) in [6.45, 7) is 8.53. The summed E-state index contributed by atoms with van der Waals surface area (Å²) >= 11 is 0. The van der Waals surface area contributed by atoms with Crippen molar-refractivity contribution < 1.29 is 0 Å². The number of likely N-dealkylation sites (tertiary alicyclic amines) is 2. The third kappa shape index (κ3) is 3.58. The molecule has 2 aliphatic rings. The van der Waals surface area contributed by atoms with Gasteiger partial charge in [-0.15, -0.1) is 0 Å². The Balaban J connectivity index is 1.47. The number of aromatic nitrogens is 1. The van der Waals surface area contributed by atoms with E-state index < -0.39 is 0 Å². The number of pyridine rings is 1. The van der Waals surface area contributed by atoms with Crippen molar-refractivity contribution in [2.45, 2.75) is 45.2 Å². The molecule has 110 valence electrons. The Hall–Kier alpha value is -0.930. The molecule has 2 aliphatic heterocycles. The molecule has 1 atom stereocenters. The summed E-state index contributed by atoms with van der Waals surface area (Å²) in [7, 11) is 0. The molecule has 0 unspecified atom stereocenters. The van der Waals surface area contributed by atoms with Gasteiger partial charge in [0.1, 0.15) is 0 Å². The molecule has 1 aromatic rings. The van der Waals surface area contributed by atoms with E-state index in [1.165, 1.54) is 57.6 Å². The number of hydrogen-bond donors (Lipinski definition) is 0. The van der Waals surface area contributed by atoms with Gasteiger partial charge in [-0.05, 0) is 50.3 Å². The van der Waals surface area contributed by atoms with Gasteiger partial charge in [-0.2, -0.15) is 0 Å². The lowest BCUT2D eigenvalue weighted by molar-refractivity contribution is 0.0725. The average Bonchev–Trinajstić information content (AvgIpc) is 2.49. The molecule has 0 N–H and O–H groups in total. The summed E-state index contributed by atoms with van der Waals surface area (Å²) in [6.07, 6.45) is 7.39. The van der Waals surface area contributed by atoms with Crippen LogP contribution in [0.2, 0.25) is 0 Å². The second-order valence-electron chi connectivity index (χ2n) is 6.57. The molecule has 3 rings (SSSR count). The fourth-order valence-corrected chi connectivity index (χ4v) is 3.72. The molecule has 3 heteroatoms. The summed E-state index contributed by atoms with van der Waals surface area (Å²) in [5.41, 5.74) is 1.21. The predicted molar refractivity (Wildman–Crippen MR) is 82.5 cm³/mol. The molecule has 0 aromatic carbocycles. The van der Waals surface area contributed by atoms with E-state index in [0.717, 1.165) is 18.5 Å².